The second kappa shape index (κ2) is 6.71. The van der Waals surface area contributed by atoms with Crippen molar-refractivity contribution < 1.29 is 9.15 Å². The SMILES string of the molecule is c1coc(CNCCCC2CCCCO2)c1. The quantitative estimate of drug-likeness (QED) is 0.753. The van der Waals surface area contributed by atoms with Gasteiger partial charge < -0.3 is 14.5 Å². The molecule has 1 aromatic heterocycles. The standard InChI is InChI=1S/C13H21NO2/c1-2-9-15-12(5-1)6-3-8-14-11-13-7-4-10-16-13/h4,7,10,12,14H,1-3,5-6,8-9,11H2. The molecule has 2 heterocycles. The third-order valence-electron chi connectivity index (χ3n) is 3.03. The summed E-state index contributed by atoms with van der Waals surface area (Å²) in [5.74, 6) is 1.01. The van der Waals surface area contributed by atoms with Crippen molar-refractivity contribution in [3.05, 3.63) is 24.2 Å². The summed E-state index contributed by atoms with van der Waals surface area (Å²) in [4.78, 5) is 0. The molecule has 0 aromatic carbocycles. The van der Waals surface area contributed by atoms with Gasteiger partial charge >= 0.3 is 0 Å². The van der Waals surface area contributed by atoms with Gasteiger partial charge in [0, 0.05) is 6.61 Å². The summed E-state index contributed by atoms with van der Waals surface area (Å²) in [6.07, 6.45) is 8.43. The summed E-state index contributed by atoms with van der Waals surface area (Å²) in [6.45, 7) is 2.84. The molecule has 16 heavy (non-hydrogen) atoms. The second-order valence-corrected chi connectivity index (χ2v) is 4.39. The van der Waals surface area contributed by atoms with Crippen LogP contribution in [0.1, 0.15) is 37.9 Å². The molecule has 3 heteroatoms. The lowest BCUT2D eigenvalue weighted by Gasteiger charge is -2.22. The molecule has 1 atom stereocenters. The van der Waals surface area contributed by atoms with Crippen molar-refractivity contribution in [1.82, 2.24) is 5.32 Å². The van der Waals surface area contributed by atoms with Crippen LogP contribution in [0.3, 0.4) is 0 Å². The van der Waals surface area contributed by atoms with Gasteiger partial charge in [-0.15, -0.1) is 0 Å². The molecule has 2 rings (SSSR count). The predicted octanol–water partition coefficient (Wildman–Crippen LogP) is 2.72. The molecule has 0 bridgehead atoms. The molecule has 1 N–H and O–H groups in total. The van der Waals surface area contributed by atoms with Crippen molar-refractivity contribution in [2.75, 3.05) is 13.2 Å². The maximum atomic E-state index is 5.68. The van der Waals surface area contributed by atoms with E-state index in [0.29, 0.717) is 6.10 Å². The van der Waals surface area contributed by atoms with Gasteiger partial charge in [0.2, 0.25) is 0 Å². The summed E-state index contributed by atoms with van der Waals surface area (Å²) < 4.78 is 10.9. The van der Waals surface area contributed by atoms with Crippen LogP contribution in [0.2, 0.25) is 0 Å². The van der Waals surface area contributed by atoms with E-state index in [0.717, 1.165) is 25.5 Å². The largest absolute Gasteiger partial charge is 0.468 e. The molecule has 0 saturated carbocycles. The predicted molar refractivity (Wildman–Crippen MR) is 63.2 cm³/mol. The molecule has 1 aliphatic rings. The highest BCUT2D eigenvalue weighted by molar-refractivity contribution is 4.97. The number of hydrogen-bond donors (Lipinski definition) is 1. The topological polar surface area (TPSA) is 34.4 Å². The highest BCUT2D eigenvalue weighted by atomic mass is 16.5. The van der Waals surface area contributed by atoms with Crippen LogP contribution in [-0.2, 0) is 11.3 Å². The average Bonchev–Trinajstić information content (AvgIpc) is 2.83. The minimum absolute atomic E-state index is 0.513. The van der Waals surface area contributed by atoms with Gasteiger partial charge in [0.25, 0.3) is 0 Å². The fraction of sp³-hybridized carbons (Fsp3) is 0.692. The Labute approximate surface area is 97.2 Å². The fourth-order valence-electron chi connectivity index (χ4n) is 2.11. The zero-order chi connectivity index (χ0) is 11.1. The molecule has 0 spiro atoms. The summed E-state index contributed by atoms with van der Waals surface area (Å²) in [5.41, 5.74) is 0. The Balaban J connectivity index is 1.48. The maximum Gasteiger partial charge on any atom is 0.117 e. The number of rotatable bonds is 6. The normalized spacial score (nSPS) is 21.1. The summed E-state index contributed by atoms with van der Waals surface area (Å²) >= 11 is 0. The van der Waals surface area contributed by atoms with Crippen molar-refractivity contribution in [1.29, 1.82) is 0 Å². The lowest BCUT2D eigenvalue weighted by Crippen LogP contribution is -2.21. The number of ether oxygens (including phenoxy) is 1. The molecular formula is C13H21NO2. The lowest BCUT2D eigenvalue weighted by molar-refractivity contribution is 0.0102. The van der Waals surface area contributed by atoms with Gasteiger partial charge in [-0.1, -0.05) is 0 Å². The van der Waals surface area contributed by atoms with Gasteiger partial charge in [0.05, 0.1) is 18.9 Å². The Morgan fingerprint density at radius 3 is 3.12 bits per heavy atom. The average molecular weight is 223 g/mol. The zero-order valence-corrected chi connectivity index (χ0v) is 9.78. The monoisotopic (exact) mass is 223 g/mol. The highest BCUT2D eigenvalue weighted by Gasteiger charge is 2.12. The molecule has 0 radical (unpaired) electrons. The number of nitrogens with one attached hydrogen (secondary N) is 1. The van der Waals surface area contributed by atoms with Gasteiger partial charge in [-0.05, 0) is 50.8 Å². The van der Waals surface area contributed by atoms with Crippen LogP contribution in [0.25, 0.3) is 0 Å². The van der Waals surface area contributed by atoms with E-state index >= 15 is 0 Å². The molecule has 3 nitrogen and oxygen atoms in total. The van der Waals surface area contributed by atoms with Crippen LogP contribution < -0.4 is 5.32 Å². The Morgan fingerprint density at radius 1 is 1.38 bits per heavy atom. The first-order valence-corrected chi connectivity index (χ1v) is 6.30. The van der Waals surface area contributed by atoms with Crippen LogP contribution in [0.5, 0.6) is 0 Å². The van der Waals surface area contributed by atoms with Crippen molar-refractivity contribution in [3.63, 3.8) is 0 Å². The van der Waals surface area contributed by atoms with Crippen LogP contribution in [0, 0.1) is 0 Å². The van der Waals surface area contributed by atoms with Crippen molar-refractivity contribution in [3.8, 4) is 0 Å². The third-order valence-corrected chi connectivity index (χ3v) is 3.03. The molecule has 0 aliphatic carbocycles. The first kappa shape index (κ1) is 11.7. The molecule has 1 unspecified atom stereocenters. The Kier molecular flexibility index (Phi) is 4.90. The number of furan rings is 1. The molecular weight excluding hydrogens is 202 g/mol. The van der Waals surface area contributed by atoms with Crippen molar-refractivity contribution in [2.24, 2.45) is 0 Å². The first-order valence-electron chi connectivity index (χ1n) is 6.30. The number of hydrogen-bond acceptors (Lipinski definition) is 3. The molecule has 1 fully saturated rings. The Morgan fingerprint density at radius 2 is 2.38 bits per heavy atom. The van der Waals surface area contributed by atoms with Crippen molar-refractivity contribution >= 4 is 0 Å². The maximum absolute atomic E-state index is 5.68. The third kappa shape index (κ3) is 3.99. The van der Waals surface area contributed by atoms with Crippen molar-refractivity contribution in [2.45, 2.75) is 44.8 Å². The minimum Gasteiger partial charge on any atom is -0.468 e. The highest BCUT2D eigenvalue weighted by Crippen LogP contribution is 2.16. The van der Waals surface area contributed by atoms with Crippen LogP contribution >= 0.6 is 0 Å². The molecule has 0 amide bonds. The summed E-state index contributed by atoms with van der Waals surface area (Å²) in [6, 6.07) is 3.92. The van der Waals surface area contributed by atoms with E-state index in [4.69, 9.17) is 9.15 Å². The van der Waals surface area contributed by atoms with E-state index in [1.54, 1.807) is 6.26 Å². The van der Waals surface area contributed by atoms with E-state index in [1.807, 2.05) is 12.1 Å². The van der Waals surface area contributed by atoms with Crippen LogP contribution in [-0.4, -0.2) is 19.3 Å². The Hall–Kier alpha value is -0.800. The van der Waals surface area contributed by atoms with Gasteiger partial charge in [0.15, 0.2) is 0 Å². The van der Waals surface area contributed by atoms with Gasteiger partial charge in [-0.25, -0.2) is 0 Å². The van der Waals surface area contributed by atoms with Gasteiger partial charge in [0.1, 0.15) is 5.76 Å². The van der Waals surface area contributed by atoms with E-state index in [1.165, 1.54) is 32.1 Å². The summed E-state index contributed by atoms with van der Waals surface area (Å²) in [7, 11) is 0. The smallest absolute Gasteiger partial charge is 0.117 e. The lowest BCUT2D eigenvalue weighted by atomic mass is 10.0. The first-order chi connectivity index (χ1) is 7.95. The Bertz CT molecular complexity index is 265. The van der Waals surface area contributed by atoms with E-state index in [-0.39, 0.29) is 0 Å². The molecule has 1 aliphatic heterocycles. The van der Waals surface area contributed by atoms with Crippen LogP contribution in [0.4, 0.5) is 0 Å². The fourth-order valence-corrected chi connectivity index (χ4v) is 2.11. The van der Waals surface area contributed by atoms with Crippen LogP contribution in [0.15, 0.2) is 22.8 Å². The summed E-state index contributed by atoms with van der Waals surface area (Å²) in [5, 5.41) is 3.38. The zero-order valence-electron chi connectivity index (χ0n) is 9.78. The van der Waals surface area contributed by atoms with E-state index in [2.05, 4.69) is 5.32 Å². The molecule has 1 aromatic rings. The van der Waals surface area contributed by atoms with Gasteiger partial charge in [-0.3, -0.25) is 0 Å². The van der Waals surface area contributed by atoms with Gasteiger partial charge in [-0.2, -0.15) is 0 Å². The molecule has 1 saturated heterocycles. The van der Waals surface area contributed by atoms with E-state index in [9.17, 15) is 0 Å². The minimum atomic E-state index is 0.513. The molecule has 90 valence electrons. The second-order valence-electron chi connectivity index (χ2n) is 4.39. The van der Waals surface area contributed by atoms with E-state index < -0.39 is 0 Å².